The molecule has 1 nitrogen and oxygen atoms in total. The molecule has 1 aromatic carbocycles. The van der Waals surface area contributed by atoms with Gasteiger partial charge < -0.3 is 4.90 Å². The Hall–Kier alpha value is -0.340. The predicted molar refractivity (Wildman–Crippen MR) is 63.5 cm³/mol. The van der Waals surface area contributed by atoms with E-state index in [-0.39, 0.29) is 0 Å². The van der Waals surface area contributed by atoms with Crippen molar-refractivity contribution in [3.63, 3.8) is 0 Å². The van der Waals surface area contributed by atoms with Crippen LogP contribution in [-0.2, 0) is 0 Å². The van der Waals surface area contributed by atoms with Crippen molar-refractivity contribution >= 4 is 15.9 Å². The lowest BCUT2D eigenvalue weighted by atomic mass is 10.1. The Bertz CT molecular complexity index is 305. The van der Waals surface area contributed by atoms with Crippen molar-refractivity contribution in [3.8, 4) is 0 Å². The first-order valence-electron chi connectivity index (χ1n) is 5.07. The second-order valence-corrected chi connectivity index (χ2v) is 5.33. The lowest BCUT2D eigenvalue weighted by Crippen LogP contribution is -2.15. The van der Waals surface area contributed by atoms with Gasteiger partial charge in [0.25, 0.3) is 0 Å². The summed E-state index contributed by atoms with van der Waals surface area (Å²) in [6, 6.07) is 8.76. The third-order valence-electron chi connectivity index (χ3n) is 2.82. The zero-order valence-electron chi connectivity index (χ0n) is 8.70. The maximum absolute atomic E-state index is 3.46. The molecule has 1 saturated carbocycles. The number of halogens is 1. The van der Waals surface area contributed by atoms with Gasteiger partial charge >= 0.3 is 0 Å². The third kappa shape index (κ3) is 2.37. The molecule has 0 saturated heterocycles. The first-order chi connectivity index (χ1) is 6.66. The fourth-order valence-corrected chi connectivity index (χ4v) is 2.30. The van der Waals surface area contributed by atoms with Gasteiger partial charge in [-0.2, -0.15) is 0 Å². The molecular weight excluding hydrogens is 238 g/mol. The van der Waals surface area contributed by atoms with Crippen molar-refractivity contribution in [2.45, 2.75) is 12.3 Å². The molecule has 0 unspecified atom stereocenters. The fourth-order valence-electron chi connectivity index (χ4n) is 2.04. The third-order valence-corrected chi connectivity index (χ3v) is 3.35. The van der Waals surface area contributed by atoms with Crippen LogP contribution in [0.25, 0.3) is 0 Å². The van der Waals surface area contributed by atoms with Gasteiger partial charge in [0, 0.05) is 11.0 Å². The normalized spacial score (nSPS) is 25.4. The summed E-state index contributed by atoms with van der Waals surface area (Å²) < 4.78 is 1.17. The van der Waals surface area contributed by atoms with Crippen LogP contribution in [0.3, 0.4) is 0 Å². The van der Waals surface area contributed by atoms with Crippen LogP contribution in [0.4, 0.5) is 0 Å². The molecule has 2 atom stereocenters. The molecule has 0 spiro atoms. The van der Waals surface area contributed by atoms with Gasteiger partial charge in [-0.3, -0.25) is 0 Å². The van der Waals surface area contributed by atoms with Crippen LogP contribution < -0.4 is 0 Å². The fraction of sp³-hybridized carbons (Fsp3) is 0.500. The largest absolute Gasteiger partial charge is 0.309 e. The van der Waals surface area contributed by atoms with Crippen LogP contribution in [0.15, 0.2) is 28.7 Å². The highest BCUT2D eigenvalue weighted by molar-refractivity contribution is 9.10. The number of rotatable bonds is 3. The van der Waals surface area contributed by atoms with Crippen molar-refractivity contribution in [3.05, 3.63) is 34.3 Å². The Kier molecular flexibility index (Phi) is 2.93. The smallest absolute Gasteiger partial charge is 0.0175 e. The highest BCUT2D eigenvalue weighted by atomic mass is 79.9. The van der Waals surface area contributed by atoms with Crippen LogP contribution >= 0.6 is 15.9 Å². The monoisotopic (exact) mass is 253 g/mol. The molecule has 2 rings (SSSR count). The minimum atomic E-state index is 0.811. The summed E-state index contributed by atoms with van der Waals surface area (Å²) in [5.74, 6) is 1.69. The Balaban J connectivity index is 1.96. The average Bonchev–Trinajstić information content (AvgIpc) is 2.84. The molecule has 0 aliphatic heterocycles. The maximum atomic E-state index is 3.46. The average molecular weight is 254 g/mol. The minimum Gasteiger partial charge on any atom is -0.309 e. The van der Waals surface area contributed by atoms with Gasteiger partial charge in [-0.05, 0) is 50.0 Å². The zero-order chi connectivity index (χ0) is 10.1. The van der Waals surface area contributed by atoms with E-state index in [1.165, 1.54) is 23.0 Å². The summed E-state index contributed by atoms with van der Waals surface area (Å²) in [6.45, 7) is 1.22. The molecule has 1 aromatic rings. The summed E-state index contributed by atoms with van der Waals surface area (Å²) in [4.78, 5) is 2.28. The summed E-state index contributed by atoms with van der Waals surface area (Å²) in [7, 11) is 4.30. The van der Waals surface area contributed by atoms with Crippen molar-refractivity contribution in [1.29, 1.82) is 0 Å². The highest BCUT2D eigenvalue weighted by Gasteiger charge is 2.37. The Morgan fingerprint density at radius 3 is 2.50 bits per heavy atom. The van der Waals surface area contributed by atoms with E-state index in [0.29, 0.717) is 0 Å². The molecule has 0 amide bonds. The molecular formula is C12H16BrN. The van der Waals surface area contributed by atoms with Gasteiger partial charge in [-0.15, -0.1) is 0 Å². The van der Waals surface area contributed by atoms with E-state index < -0.39 is 0 Å². The van der Waals surface area contributed by atoms with Crippen LogP contribution in [0.2, 0.25) is 0 Å². The molecule has 0 aromatic heterocycles. The molecule has 0 bridgehead atoms. The van der Waals surface area contributed by atoms with Crippen molar-refractivity contribution in [1.82, 2.24) is 4.90 Å². The predicted octanol–water partition coefficient (Wildman–Crippen LogP) is 3.11. The topological polar surface area (TPSA) is 3.24 Å². The first kappa shape index (κ1) is 10.2. The van der Waals surface area contributed by atoms with Crippen LogP contribution in [-0.4, -0.2) is 25.5 Å². The van der Waals surface area contributed by atoms with E-state index in [1.54, 1.807) is 0 Å². The molecule has 1 aliphatic carbocycles. The lowest BCUT2D eigenvalue weighted by Gasteiger charge is -2.08. The van der Waals surface area contributed by atoms with Crippen molar-refractivity contribution in [2.24, 2.45) is 5.92 Å². The number of hydrogen-bond acceptors (Lipinski definition) is 1. The van der Waals surface area contributed by atoms with E-state index >= 15 is 0 Å². The highest BCUT2D eigenvalue weighted by Crippen LogP contribution is 2.47. The van der Waals surface area contributed by atoms with Gasteiger partial charge in [-0.25, -0.2) is 0 Å². The molecule has 0 radical (unpaired) electrons. The SMILES string of the molecule is CN(C)C[C@@H]1C[C@H]1c1ccc(Br)cc1. The summed E-state index contributed by atoms with van der Waals surface area (Å²) >= 11 is 3.46. The van der Waals surface area contributed by atoms with Crippen LogP contribution in [0.1, 0.15) is 17.9 Å². The van der Waals surface area contributed by atoms with E-state index in [1.807, 2.05) is 0 Å². The maximum Gasteiger partial charge on any atom is 0.0175 e. The number of hydrogen-bond donors (Lipinski definition) is 0. The molecule has 0 heterocycles. The Morgan fingerprint density at radius 2 is 1.93 bits per heavy atom. The lowest BCUT2D eigenvalue weighted by molar-refractivity contribution is 0.385. The van der Waals surface area contributed by atoms with E-state index in [4.69, 9.17) is 0 Å². The minimum absolute atomic E-state index is 0.811. The van der Waals surface area contributed by atoms with Gasteiger partial charge in [0.15, 0.2) is 0 Å². The van der Waals surface area contributed by atoms with Gasteiger partial charge in [-0.1, -0.05) is 28.1 Å². The van der Waals surface area contributed by atoms with E-state index in [2.05, 4.69) is 59.2 Å². The summed E-state index contributed by atoms with van der Waals surface area (Å²) in [5, 5.41) is 0. The zero-order valence-corrected chi connectivity index (χ0v) is 10.3. The second-order valence-electron chi connectivity index (χ2n) is 4.42. The molecule has 0 N–H and O–H groups in total. The Morgan fingerprint density at radius 1 is 1.29 bits per heavy atom. The number of benzene rings is 1. The van der Waals surface area contributed by atoms with Crippen LogP contribution in [0, 0.1) is 5.92 Å². The van der Waals surface area contributed by atoms with Gasteiger partial charge in [0.05, 0.1) is 0 Å². The van der Waals surface area contributed by atoms with Crippen molar-refractivity contribution < 1.29 is 0 Å². The molecule has 2 heteroatoms. The molecule has 1 aliphatic rings. The molecule has 76 valence electrons. The Labute approximate surface area is 94.2 Å². The van der Waals surface area contributed by atoms with E-state index in [0.717, 1.165) is 11.8 Å². The molecule has 1 fully saturated rings. The van der Waals surface area contributed by atoms with Crippen LogP contribution in [0.5, 0.6) is 0 Å². The van der Waals surface area contributed by atoms with E-state index in [9.17, 15) is 0 Å². The second kappa shape index (κ2) is 4.03. The van der Waals surface area contributed by atoms with Gasteiger partial charge in [0.1, 0.15) is 0 Å². The van der Waals surface area contributed by atoms with Crippen molar-refractivity contribution in [2.75, 3.05) is 20.6 Å². The standard InChI is InChI=1S/C12H16BrN/c1-14(2)8-10-7-12(10)9-3-5-11(13)6-4-9/h3-6,10,12H,7-8H2,1-2H3/t10-,12-/m0/s1. The summed E-state index contributed by atoms with van der Waals surface area (Å²) in [5.41, 5.74) is 1.50. The number of nitrogens with zero attached hydrogens (tertiary/aromatic N) is 1. The molecule has 14 heavy (non-hydrogen) atoms. The first-order valence-corrected chi connectivity index (χ1v) is 5.86. The summed E-state index contributed by atoms with van der Waals surface area (Å²) in [6.07, 6.45) is 1.36. The van der Waals surface area contributed by atoms with Gasteiger partial charge in [0.2, 0.25) is 0 Å². The quantitative estimate of drug-likeness (QED) is 0.801.